The van der Waals surface area contributed by atoms with Crippen molar-refractivity contribution in [3.05, 3.63) is 53.3 Å². The molecule has 2 aromatic heterocycles. The van der Waals surface area contributed by atoms with Gasteiger partial charge in [0.15, 0.2) is 17.4 Å². The highest BCUT2D eigenvalue weighted by molar-refractivity contribution is 5.83. The Balaban J connectivity index is 1.57. The topological polar surface area (TPSA) is 72.1 Å². The molecule has 1 aliphatic rings. The molecule has 6 nitrogen and oxygen atoms in total. The van der Waals surface area contributed by atoms with E-state index in [4.69, 9.17) is 4.42 Å². The van der Waals surface area contributed by atoms with E-state index in [0.717, 1.165) is 11.8 Å². The lowest BCUT2D eigenvalue weighted by atomic mass is 10.1. The lowest BCUT2D eigenvalue weighted by Gasteiger charge is -2.27. The number of aryl methyl sites for hydroxylation is 2. The summed E-state index contributed by atoms with van der Waals surface area (Å²) in [6.07, 6.45) is -0.465. The average Bonchev–Trinajstić information content (AvgIpc) is 3.24. The normalized spacial score (nSPS) is 17.6. The summed E-state index contributed by atoms with van der Waals surface area (Å²) in [7, 11) is 0. The number of nitrogens with one attached hydrogen (secondary N) is 2. The Hall–Kier alpha value is -3.11. The Morgan fingerprint density at radius 1 is 1.33 bits per heavy atom. The van der Waals surface area contributed by atoms with Crippen molar-refractivity contribution in [1.82, 2.24) is 20.2 Å². The maximum Gasteiger partial charge on any atom is 0.416 e. The first-order valence-electron chi connectivity index (χ1n) is 9.14. The van der Waals surface area contributed by atoms with Crippen molar-refractivity contribution < 1.29 is 31.2 Å². The number of urea groups is 1. The molecule has 1 unspecified atom stereocenters. The quantitative estimate of drug-likeness (QED) is 0.617. The number of carbonyl (C=O) groups is 1. The van der Waals surface area contributed by atoms with Crippen molar-refractivity contribution >= 4 is 17.0 Å². The second-order valence-corrected chi connectivity index (χ2v) is 7.22. The van der Waals surface area contributed by atoms with Crippen LogP contribution in [-0.2, 0) is 13.0 Å². The highest BCUT2D eigenvalue weighted by Crippen LogP contribution is 2.39. The summed E-state index contributed by atoms with van der Waals surface area (Å²) >= 11 is 0. The standard InChI is InChI=1S/C19H17F5N4O2/c1-9-13-4-10(20)5-14(21)16(13)30-15(9)17(19(22,23)24)27-18(29)26-11-2-3-12-6-25-8-28(12)7-11/h4-6,8,11,17H,2-3,7H2,1H3,(H2,26,27,29)/t11?,17-/m1/s1. The number of fused-ring (bicyclic) bond motifs is 2. The smallest absolute Gasteiger partial charge is 0.416 e. The molecule has 4 rings (SSSR count). The number of nitrogens with zero attached hydrogens (tertiary/aromatic N) is 2. The van der Waals surface area contributed by atoms with Gasteiger partial charge in [-0.1, -0.05) is 0 Å². The van der Waals surface area contributed by atoms with Crippen LogP contribution in [0.1, 0.15) is 29.5 Å². The fraction of sp³-hybridized carbons (Fsp3) is 0.368. The molecule has 11 heteroatoms. The van der Waals surface area contributed by atoms with Crippen LogP contribution in [0, 0.1) is 18.6 Å². The molecule has 3 aromatic rings. The summed E-state index contributed by atoms with van der Waals surface area (Å²) in [5.41, 5.74) is 0.376. The zero-order valence-electron chi connectivity index (χ0n) is 15.7. The molecule has 0 fully saturated rings. The first kappa shape index (κ1) is 20.2. The van der Waals surface area contributed by atoms with E-state index in [1.54, 1.807) is 12.5 Å². The molecule has 0 bridgehead atoms. The number of hydrogen-bond donors (Lipinski definition) is 2. The molecular formula is C19H17F5N4O2. The van der Waals surface area contributed by atoms with E-state index in [2.05, 4.69) is 10.3 Å². The van der Waals surface area contributed by atoms with Crippen LogP contribution in [0.3, 0.4) is 0 Å². The van der Waals surface area contributed by atoms with Gasteiger partial charge in [-0.15, -0.1) is 0 Å². The van der Waals surface area contributed by atoms with E-state index >= 15 is 0 Å². The number of aromatic nitrogens is 2. The minimum atomic E-state index is -4.92. The van der Waals surface area contributed by atoms with Gasteiger partial charge in [0.1, 0.15) is 11.6 Å². The number of carbonyl (C=O) groups excluding carboxylic acids is 1. The van der Waals surface area contributed by atoms with Crippen molar-refractivity contribution in [3.8, 4) is 0 Å². The van der Waals surface area contributed by atoms with Gasteiger partial charge in [-0.2, -0.15) is 13.2 Å². The summed E-state index contributed by atoms with van der Waals surface area (Å²) in [5.74, 6) is -2.76. The van der Waals surface area contributed by atoms with Gasteiger partial charge in [-0.05, 0) is 25.8 Å². The third-order valence-electron chi connectivity index (χ3n) is 5.16. The third-order valence-corrected chi connectivity index (χ3v) is 5.16. The van der Waals surface area contributed by atoms with Gasteiger partial charge >= 0.3 is 12.2 Å². The van der Waals surface area contributed by atoms with Crippen molar-refractivity contribution in [2.24, 2.45) is 0 Å². The lowest BCUT2D eigenvalue weighted by Crippen LogP contribution is -2.49. The van der Waals surface area contributed by atoms with Crippen LogP contribution in [0.15, 0.2) is 29.1 Å². The number of halogens is 5. The minimum absolute atomic E-state index is 0.105. The average molecular weight is 428 g/mol. The molecule has 30 heavy (non-hydrogen) atoms. The molecular weight excluding hydrogens is 411 g/mol. The van der Waals surface area contributed by atoms with Crippen LogP contribution in [0.5, 0.6) is 0 Å². The summed E-state index contributed by atoms with van der Waals surface area (Å²) in [5, 5.41) is 4.26. The zero-order chi connectivity index (χ0) is 21.6. The van der Waals surface area contributed by atoms with E-state index in [0.29, 0.717) is 25.5 Å². The van der Waals surface area contributed by atoms with Crippen LogP contribution in [-0.4, -0.2) is 27.8 Å². The van der Waals surface area contributed by atoms with E-state index < -0.39 is 41.2 Å². The van der Waals surface area contributed by atoms with E-state index in [1.165, 1.54) is 6.92 Å². The Kier molecular flexibility index (Phi) is 4.91. The maximum atomic E-state index is 13.9. The van der Waals surface area contributed by atoms with Crippen LogP contribution in [0.4, 0.5) is 26.7 Å². The van der Waals surface area contributed by atoms with Gasteiger partial charge in [0, 0.05) is 41.5 Å². The van der Waals surface area contributed by atoms with Crippen LogP contribution in [0.2, 0.25) is 0 Å². The van der Waals surface area contributed by atoms with Crippen molar-refractivity contribution in [1.29, 1.82) is 0 Å². The number of hydrogen-bond acceptors (Lipinski definition) is 3. The van der Waals surface area contributed by atoms with E-state index in [1.807, 2.05) is 9.88 Å². The molecule has 1 aliphatic heterocycles. The molecule has 0 saturated carbocycles. The van der Waals surface area contributed by atoms with E-state index in [9.17, 15) is 26.7 Å². The molecule has 0 spiro atoms. The Labute approximate surface area is 167 Å². The molecule has 0 aliphatic carbocycles. The molecule has 2 atom stereocenters. The number of alkyl halides is 3. The number of benzene rings is 1. The minimum Gasteiger partial charge on any atom is -0.455 e. The Morgan fingerprint density at radius 2 is 2.10 bits per heavy atom. The molecule has 160 valence electrons. The number of rotatable bonds is 3. The lowest BCUT2D eigenvalue weighted by molar-refractivity contribution is -0.158. The molecule has 3 heterocycles. The monoisotopic (exact) mass is 428 g/mol. The van der Waals surface area contributed by atoms with Crippen molar-refractivity contribution in [2.75, 3.05) is 0 Å². The summed E-state index contributed by atoms with van der Waals surface area (Å²) in [4.78, 5) is 16.3. The third kappa shape index (κ3) is 3.71. The number of furan rings is 1. The SMILES string of the molecule is Cc1c([C@@H](NC(=O)NC2CCc3cncn3C2)C(F)(F)F)oc2c(F)cc(F)cc12. The van der Waals surface area contributed by atoms with Gasteiger partial charge in [0.2, 0.25) is 0 Å². The van der Waals surface area contributed by atoms with E-state index in [-0.39, 0.29) is 17.0 Å². The fourth-order valence-corrected chi connectivity index (χ4v) is 3.68. The van der Waals surface area contributed by atoms with Crippen molar-refractivity contribution in [2.45, 2.75) is 44.6 Å². The predicted octanol–water partition coefficient (Wildman–Crippen LogP) is 4.13. The van der Waals surface area contributed by atoms with Gasteiger partial charge in [0.05, 0.1) is 6.33 Å². The van der Waals surface area contributed by atoms with Crippen LogP contribution in [0.25, 0.3) is 11.0 Å². The predicted molar refractivity (Wildman–Crippen MR) is 95.7 cm³/mol. The first-order chi connectivity index (χ1) is 14.1. The number of amides is 2. The summed E-state index contributed by atoms with van der Waals surface area (Å²) in [6, 6.07) is -2.55. The largest absolute Gasteiger partial charge is 0.455 e. The fourth-order valence-electron chi connectivity index (χ4n) is 3.68. The summed E-state index contributed by atoms with van der Waals surface area (Å²) < 4.78 is 75.4. The maximum absolute atomic E-state index is 13.9. The number of imidazole rings is 1. The molecule has 1 aromatic carbocycles. The molecule has 0 saturated heterocycles. The second kappa shape index (κ2) is 7.29. The van der Waals surface area contributed by atoms with Crippen LogP contribution >= 0.6 is 0 Å². The first-order valence-corrected chi connectivity index (χ1v) is 9.14. The summed E-state index contributed by atoms with van der Waals surface area (Å²) in [6.45, 7) is 1.63. The van der Waals surface area contributed by atoms with Gasteiger partial charge < -0.3 is 19.6 Å². The highest BCUT2D eigenvalue weighted by atomic mass is 19.4. The van der Waals surface area contributed by atoms with Gasteiger partial charge in [-0.3, -0.25) is 0 Å². The molecule has 2 amide bonds. The van der Waals surface area contributed by atoms with Crippen molar-refractivity contribution in [3.63, 3.8) is 0 Å². The zero-order valence-corrected chi connectivity index (χ0v) is 15.7. The van der Waals surface area contributed by atoms with Gasteiger partial charge in [0.25, 0.3) is 0 Å². The second-order valence-electron chi connectivity index (χ2n) is 7.22. The Bertz CT molecular complexity index is 1100. The Morgan fingerprint density at radius 3 is 2.83 bits per heavy atom. The highest BCUT2D eigenvalue weighted by Gasteiger charge is 2.45. The molecule has 2 N–H and O–H groups in total. The molecule has 0 radical (unpaired) electrons. The van der Waals surface area contributed by atoms with Gasteiger partial charge in [-0.25, -0.2) is 18.6 Å². The van der Waals surface area contributed by atoms with Crippen LogP contribution < -0.4 is 10.6 Å².